The molecule has 0 spiro atoms. The highest BCUT2D eigenvalue weighted by Gasteiger charge is 2.37. The van der Waals surface area contributed by atoms with E-state index >= 15 is 0 Å². The zero-order valence-corrected chi connectivity index (χ0v) is 16.9. The molecule has 0 unspecified atom stereocenters. The molecule has 7 heteroatoms. The van der Waals surface area contributed by atoms with Gasteiger partial charge in [0.15, 0.2) is 0 Å². The van der Waals surface area contributed by atoms with Crippen LogP contribution in [0.4, 0.5) is 0 Å². The number of sulfonamides is 1. The lowest BCUT2D eigenvalue weighted by Gasteiger charge is -2.36. The molecule has 0 amide bonds. The van der Waals surface area contributed by atoms with E-state index in [-0.39, 0.29) is 6.04 Å². The third-order valence-electron chi connectivity index (χ3n) is 4.60. The summed E-state index contributed by atoms with van der Waals surface area (Å²) in [6, 6.07) is 17.7. The molecule has 1 aromatic heterocycles. The van der Waals surface area contributed by atoms with Gasteiger partial charge in [0.1, 0.15) is 0 Å². The van der Waals surface area contributed by atoms with E-state index in [1.54, 1.807) is 40.7 Å². The number of benzene rings is 2. The van der Waals surface area contributed by atoms with Gasteiger partial charge in [-0.25, -0.2) is 8.42 Å². The fourth-order valence-corrected chi connectivity index (χ4v) is 5.32. The van der Waals surface area contributed by atoms with Crippen molar-refractivity contribution in [3.8, 4) is 0 Å². The van der Waals surface area contributed by atoms with Gasteiger partial charge in [0.2, 0.25) is 10.0 Å². The maximum absolute atomic E-state index is 13.4. The molecule has 0 fully saturated rings. The molecule has 0 saturated carbocycles. The van der Waals surface area contributed by atoms with Crippen molar-refractivity contribution in [1.29, 1.82) is 0 Å². The molecule has 26 heavy (non-hydrogen) atoms. The van der Waals surface area contributed by atoms with Crippen molar-refractivity contribution in [2.45, 2.75) is 17.5 Å². The molecule has 4 nitrogen and oxygen atoms in total. The Balaban J connectivity index is 1.83. The van der Waals surface area contributed by atoms with Gasteiger partial charge in [0, 0.05) is 34.5 Å². The molecule has 0 N–H and O–H groups in total. The molecular weight excluding hydrogens is 436 g/mol. The average molecular weight is 452 g/mol. The van der Waals surface area contributed by atoms with Crippen molar-refractivity contribution >= 4 is 37.6 Å². The second-order valence-electron chi connectivity index (χ2n) is 6.15. The highest BCUT2D eigenvalue weighted by Crippen LogP contribution is 2.37. The Hall–Kier alpha value is -1.60. The summed E-state index contributed by atoms with van der Waals surface area (Å²) in [7, 11) is -3.64. The number of hydrogen-bond donors (Lipinski definition) is 0. The Kier molecular flexibility index (Phi) is 4.69. The molecule has 1 atom stereocenters. The van der Waals surface area contributed by atoms with Crippen LogP contribution in [-0.4, -0.2) is 23.8 Å². The largest absolute Gasteiger partial charge is 0.348 e. The Bertz CT molecular complexity index is 1030. The number of rotatable bonds is 3. The van der Waals surface area contributed by atoms with E-state index in [0.29, 0.717) is 23.0 Å². The molecular formula is C19H16BrClN2O2S. The van der Waals surface area contributed by atoms with Crippen molar-refractivity contribution in [2.75, 3.05) is 6.54 Å². The Morgan fingerprint density at radius 1 is 0.962 bits per heavy atom. The lowest BCUT2D eigenvalue weighted by molar-refractivity contribution is 0.298. The minimum atomic E-state index is -3.64. The Morgan fingerprint density at radius 2 is 1.65 bits per heavy atom. The van der Waals surface area contributed by atoms with Gasteiger partial charge in [-0.1, -0.05) is 39.7 Å². The van der Waals surface area contributed by atoms with Crippen LogP contribution in [-0.2, 0) is 16.6 Å². The fraction of sp³-hybridized carbons (Fsp3) is 0.158. The van der Waals surface area contributed by atoms with Gasteiger partial charge in [-0.15, -0.1) is 0 Å². The second kappa shape index (κ2) is 6.85. The van der Waals surface area contributed by atoms with Crippen LogP contribution in [0, 0.1) is 0 Å². The van der Waals surface area contributed by atoms with Crippen molar-refractivity contribution in [3.05, 3.63) is 87.6 Å². The summed E-state index contributed by atoms with van der Waals surface area (Å²) in [5.74, 6) is 0. The number of nitrogens with zero attached hydrogens (tertiary/aromatic N) is 2. The standard InChI is InChI=1S/C19H16BrClN2O2S/c20-15-5-9-17(10-6-15)26(24,25)23-13-12-22-11-1-2-18(22)19(23)14-3-7-16(21)8-4-14/h1-11,19H,12-13H2/t19-/m0/s1. The van der Waals surface area contributed by atoms with E-state index in [0.717, 1.165) is 15.7 Å². The van der Waals surface area contributed by atoms with E-state index in [2.05, 4.69) is 20.5 Å². The normalized spacial score (nSPS) is 17.8. The summed E-state index contributed by atoms with van der Waals surface area (Å²) in [4.78, 5) is 0.291. The lowest BCUT2D eigenvalue weighted by Crippen LogP contribution is -2.42. The van der Waals surface area contributed by atoms with Crippen LogP contribution < -0.4 is 0 Å². The van der Waals surface area contributed by atoms with E-state index in [4.69, 9.17) is 11.6 Å². The molecule has 0 bridgehead atoms. The molecule has 1 aliphatic rings. The first-order chi connectivity index (χ1) is 12.5. The van der Waals surface area contributed by atoms with Crippen LogP contribution in [0.25, 0.3) is 0 Å². The lowest BCUT2D eigenvalue weighted by atomic mass is 10.0. The highest BCUT2D eigenvalue weighted by molar-refractivity contribution is 9.10. The topological polar surface area (TPSA) is 42.3 Å². The fourth-order valence-electron chi connectivity index (χ4n) is 3.35. The molecule has 0 saturated heterocycles. The predicted octanol–water partition coefficient (Wildman–Crippen LogP) is 4.70. The Labute approximate surface area is 166 Å². The summed E-state index contributed by atoms with van der Waals surface area (Å²) >= 11 is 9.38. The smallest absolute Gasteiger partial charge is 0.244 e. The third-order valence-corrected chi connectivity index (χ3v) is 7.26. The SMILES string of the molecule is O=S(=O)(c1ccc(Br)cc1)N1CCn2cccc2[C@@H]1c1ccc(Cl)cc1. The summed E-state index contributed by atoms with van der Waals surface area (Å²) in [6.45, 7) is 1.04. The minimum Gasteiger partial charge on any atom is -0.348 e. The van der Waals surface area contributed by atoms with Crippen molar-refractivity contribution < 1.29 is 8.42 Å². The molecule has 2 aromatic carbocycles. The van der Waals surface area contributed by atoms with Gasteiger partial charge >= 0.3 is 0 Å². The molecule has 0 radical (unpaired) electrons. The third kappa shape index (κ3) is 3.11. The molecule has 4 rings (SSSR count). The van der Waals surface area contributed by atoms with Crippen LogP contribution in [0.1, 0.15) is 17.3 Å². The zero-order chi connectivity index (χ0) is 18.3. The number of halogens is 2. The summed E-state index contributed by atoms with van der Waals surface area (Å²) < 4.78 is 31.2. The van der Waals surface area contributed by atoms with Crippen molar-refractivity contribution in [1.82, 2.24) is 8.87 Å². The monoisotopic (exact) mass is 450 g/mol. The van der Waals surface area contributed by atoms with Gasteiger partial charge in [0.25, 0.3) is 0 Å². The molecule has 3 aromatic rings. The van der Waals surface area contributed by atoms with Gasteiger partial charge in [-0.2, -0.15) is 4.31 Å². The minimum absolute atomic E-state index is 0.291. The first-order valence-corrected chi connectivity index (χ1v) is 10.8. The van der Waals surface area contributed by atoms with E-state index in [1.165, 1.54) is 0 Å². The maximum atomic E-state index is 13.4. The summed E-state index contributed by atoms with van der Waals surface area (Å²) in [6.07, 6.45) is 1.99. The van der Waals surface area contributed by atoms with Crippen LogP contribution in [0.5, 0.6) is 0 Å². The molecule has 0 aliphatic carbocycles. The van der Waals surface area contributed by atoms with Crippen LogP contribution in [0.2, 0.25) is 5.02 Å². The molecule has 134 valence electrons. The van der Waals surface area contributed by atoms with E-state index < -0.39 is 10.0 Å². The summed E-state index contributed by atoms with van der Waals surface area (Å²) in [5, 5.41) is 0.627. The first kappa shape index (κ1) is 17.8. The van der Waals surface area contributed by atoms with Crippen LogP contribution in [0.15, 0.2) is 76.2 Å². The quantitative estimate of drug-likeness (QED) is 0.579. The molecule has 1 aliphatic heterocycles. The maximum Gasteiger partial charge on any atom is 0.244 e. The average Bonchev–Trinajstić information content (AvgIpc) is 3.11. The van der Waals surface area contributed by atoms with Gasteiger partial charge in [-0.3, -0.25) is 0 Å². The van der Waals surface area contributed by atoms with E-state index in [1.807, 2.05) is 30.5 Å². The first-order valence-electron chi connectivity index (χ1n) is 8.15. The van der Waals surface area contributed by atoms with Gasteiger partial charge in [0.05, 0.1) is 10.9 Å². The number of aromatic nitrogens is 1. The van der Waals surface area contributed by atoms with E-state index in [9.17, 15) is 8.42 Å². The Morgan fingerprint density at radius 3 is 2.35 bits per heavy atom. The van der Waals surface area contributed by atoms with Crippen LogP contribution in [0.3, 0.4) is 0 Å². The number of fused-ring (bicyclic) bond motifs is 1. The summed E-state index contributed by atoms with van der Waals surface area (Å²) in [5.41, 5.74) is 1.86. The predicted molar refractivity (Wildman–Crippen MR) is 106 cm³/mol. The zero-order valence-electron chi connectivity index (χ0n) is 13.7. The van der Waals surface area contributed by atoms with Gasteiger partial charge < -0.3 is 4.57 Å². The number of hydrogen-bond acceptors (Lipinski definition) is 2. The van der Waals surface area contributed by atoms with Crippen molar-refractivity contribution in [3.63, 3.8) is 0 Å². The second-order valence-corrected chi connectivity index (χ2v) is 9.39. The molecule has 2 heterocycles. The van der Waals surface area contributed by atoms with Crippen molar-refractivity contribution in [2.24, 2.45) is 0 Å². The highest BCUT2D eigenvalue weighted by atomic mass is 79.9. The van der Waals surface area contributed by atoms with Crippen LogP contribution >= 0.6 is 27.5 Å². The van der Waals surface area contributed by atoms with Gasteiger partial charge in [-0.05, 0) is 54.1 Å².